The van der Waals surface area contributed by atoms with E-state index in [1.807, 2.05) is 6.92 Å². The maximum atomic E-state index is 12.9. The molecule has 0 N–H and O–H groups in total. The molecule has 0 spiro atoms. The maximum Gasteiger partial charge on any atom is 0.309 e. The van der Waals surface area contributed by atoms with E-state index >= 15 is 0 Å². The third-order valence-electron chi connectivity index (χ3n) is 6.63. The van der Waals surface area contributed by atoms with Crippen LogP contribution in [0.3, 0.4) is 0 Å². The molecule has 1 saturated carbocycles. The predicted octanol–water partition coefficient (Wildman–Crippen LogP) is 5.10. The van der Waals surface area contributed by atoms with Gasteiger partial charge in [0.25, 0.3) is 0 Å². The summed E-state index contributed by atoms with van der Waals surface area (Å²) in [5.41, 5.74) is 0.346. The van der Waals surface area contributed by atoms with E-state index in [-0.39, 0.29) is 35.4 Å². The maximum absolute atomic E-state index is 12.9. The average Bonchev–Trinajstić information content (AvgIpc) is 3.03. The van der Waals surface area contributed by atoms with Crippen molar-refractivity contribution in [2.45, 2.75) is 91.0 Å². The quantitative estimate of drug-likeness (QED) is 0.200. The van der Waals surface area contributed by atoms with Crippen molar-refractivity contribution >= 4 is 26.4 Å². The van der Waals surface area contributed by atoms with Crippen LogP contribution in [0.1, 0.15) is 66.7 Å². The van der Waals surface area contributed by atoms with Crippen LogP contribution in [0.4, 0.5) is 0 Å². The van der Waals surface area contributed by atoms with Crippen LogP contribution in [-0.2, 0) is 23.5 Å². The molecule has 29 heavy (non-hydrogen) atoms. The molecule has 0 saturated heterocycles. The van der Waals surface area contributed by atoms with Gasteiger partial charge in [0, 0.05) is 18.3 Å². The van der Waals surface area contributed by atoms with Crippen molar-refractivity contribution in [1.82, 2.24) is 0 Å². The highest BCUT2D eigenvalue weighted by Gasteiger charge is 2.45. The van der Waals surface area contributed by atoms with Gasteiger partial charge in [0.05, 0.1) is 18.6 Å². The third kappa shape index (κ3) is 6.61. The Balaban J connectivity index is 3.31. The zero-order chi connectivity index (χ0) is 22.4. The zero-order valence-electron chi connectivity index (χ0n) is 19.4. The Morgan fingerprint density at radius 2 is 1.93 bits per heavy atom. The fourth-order valence-corrected chi connectivity index (χ4v) is 5.31. The Kier molecular flexibility index (Phi) is 9.47. The molecule has 1 aliphatic carbocycles. The normalized spacial score (nSPS) is 20.8. The van der Waals surface area contributed by atoms with Crippen molar-refractivity contribution in [3.05, 3.63) is 12.2 Å². The van der Waals surface area contributed by atoms with E-state index in [0.717, 1.165) is 19.1 Å². The molecular formula is C23H40O5Si. The van der Waals surface area contributed by atoms with Gasteiger partial charge in [0.1, 0.15) is 12.1 Å². The number of esters is 1. The first kappa shape index (κ1) is 25.8. The summed E-state index contributed by atoms with van der Waals surface area (Å²) in [7, 11) is -2.14. The highest BCUT2D eigenvalue weighted by atomic mass is 28.4. The zero-order valence-corrected chi connectivity index (χ0v) is 20.4. The molecule has 0 aliphatic heterocycles. The summed E-state index contributed by atoms with van der Waals surface area (Å²) in [5, 5.41) is -0.00563. The largest absolute Gasteiger partial charge is 0.466 e. The molecule has 1 rings (SSSR count). The van der Waals surface area contributed by atoms with E-state index in [4.69, 9.17) is 9.16 Å². The Bertz CT molecular complexity index is 605. The van der Waals surface area contributed by atoms with Crippen molar-refractivity contribution in [3.8, 4) is 0 Å². The van der Waals surface area contributed by atoms with Crippen molar-refractivity contribution in [1.29, 1.82) is 0 Å². The van der Waals surface area contributed by atoms with Gasteiger partial charge < -0.3 is 9.16 Å². The first-order chi connectivity index (χ1) is 13.4. The van der Waals surface area contributed by atoms with Gasteiger partial charge in [-0.25, -0.2) is 0 Å². The number of rotatable bonds is 11. The van der Waals surface area contributed by atoms with E-state index in [1.54, 1.807) is 6.92 Å². The van der Waals surface area contributed by atoms with Crippen LogP contribution in [0.25, 0.3) is 0 Å². The van der Waals surface area contributed by atoms with E-state index in [1.165, 1.54) is 0 Å². The van der Waals surface area contributed by atoms with Gasteiger partial charge in [-0.15, -0.1) is 0 Å². The minimum Gasteiger partial charge on any atom is -0.466 e. The average molecular weight is 425 g/mol. The third-order valence-corrected chi connectivity index (χ3v) is 11.1. The number of aldehydes is 1. The van der Waals surface area contributed by atoms with Crippen LogP contribution >= 0.6 is 0 Å². The molecular weight excluding hydrogens is 384 g/mol. The fourth-order valence-electron chi connectivity index (χ4n) is 3.88. The lowest BCUT2D eigenvalue weighted by Crippen LogP contribution is -2.48. The Morgan fingerprint density at radius 1 is 1.31 bits per heavy atom. The van der Waals surface area contributed by atoms with Crippen molar-refractivity contribution in [2.75, 3.05) is 6.61 Å². The molecule has 5 nitrogen and oxygen atoms in total. The molecule has 6 heteroatoms. The Labute approximate surface area is 177 Å². The molecule has 0 heterocycles. The molecule has 4 atom stereocenters. The predicted molar refractivity (Wildman–Crippen MR) is 118 cm³/mol. The van der Waals surface area contributed by atoms with Crippen molar-refractivity contribution < 1.29 is 23.5 Å². The standard InChI is InChI=1S/C23H40O5Si/c1-9-20(28-29(7,8)23(4,5)6)21(16(3)15-24)18(22(26)27-10-2)14-17-12-11-13-19(17)25/h15,17-18,20-21H,3,9-14H2,1-2,4-8H3/t17-,18-,20-,21+/m1/s1. The lowest BCUT2D eigenvalue weighted by Gasteiger charge is -2.43. The molecule has 1 fully saturated rings. The number of Topliss-reactive ketones (excluding diaryl/α,β-unsaturated/α-hetero) is 1. The molecule has 0 radical (unpaired) electrons. The van der Waals surface area contributed by atoms with Gasteiger partial charge in [-0.05, 0) is 56.3 Å². The van der Waals surface area contributed by atoms with Gasteiger partial charge in [0.15, 0.2) is 8.32 Å². The number of ketones is 1. The molecule has 0 aromatic rings. The summed E-state index contributed by atoms with van der Waals surface area (Å²) in [6.45, 7) is 18.8. The first-order valence-corrected chi connectivity index (χ1v) is 13.8. The summed E-state index contributed by atoms with van der Waals surface area (Å²) in [6, 6.07) is 0. The summed E-state index contributed by atoms with van der Waals surface area (Å²) >= 11 is 0. The molecule has 1 aliphatic rings. The van der Waals surface area contributed by atoms with Gasteiger partial charge in [0.2, 0.25) is 0 Å². The second kappa shape index (κ2) is 10.7. The summed E-state index contributed by atoms with van der Waals surface area (Å²) in [6.07, 6.45) is 3.66. The van der Waals surface area contributed by atoms with Crippen LogP contribution < -0.4 is 0 Å². The van der Waals surface area contributed by atoms with Gasteiger partial charge in [-0.2, -0.15) is 0 Å². The summed E-state index contributed by atoms with van der Waals surface area (Å²) in [5.74, 6) is -1.41. The number of carbonyl (C=O) groups is 3. The number of carbonyl (C=O) groups excluding carboxylic acids is 3. The van der Waals surface area contributed by atoms with Crippen LogP contribution in [0.2, 0.25) is 18.1 Å². The number of ether oxygens (including phenoxy) is 1. The molecule has 0 amide bonds. The molecule has 0 bridgehead atoms. The molecule has 166 valence electrons. The van der Waals surface area contributed by atoms with E-state index in [9.17, 15) is 14.4 Å². The summed E-state index contributed by atoms with van der Waals surface area (Å²) in [4.78, 5) is 37.0. The smallest absolute Gasteiger partial charge is 0.309 e. The molecule has 0 unspecified atom stereocenters. The van der Waals surface area contributed by atoms with Crippen LogP contribution in [0.15, 0.2) is 12.2 Å². The number of hydrogen-bond donors (Lipinski definition) is 0. The van der Waals surface area contributed by atoms with Gasteiger partial charge in [-0.3, -0.25) is 14.4 Å². The summed E-state index contributed by atoms with van der Waals surface area (Å²) < 4.78 is 12.0. The van der Waals surface area contributed by atoms with Gasteiger partial charge >= 0.3 is 5.97 Å². The Morgan fingerprint density at radius 3 is 2.34 bits per heavy atom. The second-order valence-corrected chi connectivity index (χ2v) is 14.4. The van der Waals surface area contributed by atoms with E-state index in [0.29, 0.717) is 24.8 Å². The SMILES string of the molecule is C=C(C=O)[C@H]([C@@H](CC)O[Si](C)(C)C(C)(C)C)[C@@H](C[C@H]1CCCC1=O)C(=O)OCC. The highest BCUT2D eigenvalue weighted by Crippen LogP contribution is 2.42. The highest BCUT2D eigenvalue weighted by molar-refractivity contribution is 6.74. The van der Waals surface area contributed by atoms with Crippen molar-refractivity contribution in [2.24, 2.45) is 17.8 Å². The van der Waals surface area contributed by atoms with Crippen molar-refractivity contribution in [3.63, 3.8) is 0 Å². The Hall–Kier alpha value is -1.27. The van der Waals surface area contributed by atoms with Crippen LogP contribution in [0, 0.1) is 17.8 Å². The second-order valence-electron chi connectivity index (χ2n) is 9.69. The van der Waals surface area contributed by atoms with E-state index < -0.39 is 20.2 Å². The van der Waals surface area contributed by atoms with E-state index in [2.05, 4.69) is 40.4 Å². The lowest BCUT2D eigenvalue weighted by atomic mass is 9.76. The fraction of sp³-hybridized carbons (Fsp3) is 0.783. The molecule has 0 aromatic carbocycles. The minimum atomic E-state index is -2.14. The first-order valence-electron chi connectivity index (χ1n) is 10.9. The van der Waals surface area contributed by atoms with Crippen LogP contribution in [-0.4, -0.2) is 39.1 Å². The lowest BCUT2D eigenvalue weighted by molar-refractivity contribution is -0.152. The monoisotopic (exact) mass is 424 g/mol. The van der Waals surface area contributed by atoms with Crippen LogP contribution in [0.5, 0.6) is 0 Å². The van der Waals surface area contributed by atoms with Gasteiger partial charge in [-0.1, -0.05) is 34.3 Å². The minimum absolute atomic E-state index is 0.00563. The topological polar surface area (TPSA) is 69.7 Å². The number of hydrogen-bond acceptors (Lipinski definition) is 5. The molecule has 0 aromatic heterocycles.